The van der Waals surface area contributed by atoms with Gasteiger partial charge in [0.2, 0.25) is 0 Å². The molecule has 1 saturated carbocycles. The van der Waals surface area contributed by atoms with E-state index in [1.807, 2.05) is 6.07 Å². The van der Waals surface area contributed by atoms with Gasteiger partial charge < -0.3 is 10.0 Å². The number of amides is 1. The first-order valence-corrected chi connectivity index (χ1v) is 8.02. The molecular formula is C15H21NO3S. The molecule has 0 unspecified atom stereocenters. The fourth-order valence-corrected chi connectivity index (χ4v) is 3.66. The number of rotatable bonds is 7. The van der Waals surface area contributed by atoms with Gasteiger partial charge in [-0.3, -0.25) is 9.59 Å². The quantitative estimate of drug-likeness (QED) is 0.841. The standard InChI is InChI=1S/C15H21NO3S/c1-3-5-12-10(4-2)8-13(20-12)15(19)16(9-14(17)18)11-6-7-11/h8,11H,3-7,9H2,1-2H3,(H,17,18). The number of carboxylic acid groups (broad SMARTS) is 1. The van der Waals surface area contributed by atoms with Gasteiger partial charge in [-0.25, -0.2) is 0 Å². The number of hydrogen-bond acceptors (Lipinski definition) is 3. The molecule has 5 heteroatoms. The molecule has 110 valence electrons. The van der Waals surface area contributed by atoms with Crippen LogP contribution in [0.15, 0.2) is 6.07 Å². The molecule has 0 bridgehead atoms. The zero-order valence-corrected chi connectivity index (χ0v) is 12.8. The highest BCUT2D eigenvalue weighted by Crippen LogP contribution is 2.31. The Kier molecular flexibility index (Phi) is 4.81. The third-order valence-electron chi connectivity index (χ3n) is 3.52. The van der Waals surface area contributed by atoms with Gasteiger partial charge in [-0.1, -0.05) is 20.3 Å². The summed E-state index contributed by atoms with van der Waals surface area (Å²) >= 11 is 1.53. The first kappa shape index (κ1) is 15.0. The lowest BCUT2D eigenvalue weighted by Gasteiger charge is -2.19. The van der Waals surface area contributed by atoms with Crippen LogP contribution >= 0.6 is 11.3 Å². The Balaban J connectivity index is 2.20. The highest BCUT2D eigenvalue weighted by molar-refractivity contribution is 7.14. The van der Waals surface area contributed by atoms with Crippen molar-refractivity contribution >= 4 is 23.2 Å². The first-order chi connectivity index (χ1) is 9.56. The van der Waals surface area contributed by atoms with Crippen LogP contribution in [-0.4, -0.2) is 34.5 Å². The van der Waals surface area contributed by atoms with Crippen LogP contribution in [0.2, 0.25) is 0 Å². The maximum Gasteiger partial charge on any atom is 0.323 e. The largest absolute Gasteiger partial charge is 0.480 e. The molecule has 1 amide bonds. The molecule has 0 radical (unpaired) electrons. The van der Waals surface area contributed by atoms with Gasteiger partial charge in [0, 0.05) is 10.9 Å². The van der Waals surface area contributed by atoms with Crippen LogP contribution in [0.25, 0.3) is 0 Å². The van der Waals surface area contributed by atoms with Crippen molar-refractivity contribution in [1.82, 2.24) is 4.90 Å². The Morgan fingerprint density at radius 3 is 2.60 bits per heavy atom. The molecule has 1 fully saturated rings. The van der Waals surface area contributed by atoms with Gasteiger partial charge in [0.15, 0.2) is 0 Å². The van der Waals surface area contributed by atoms with Crippen molar-refractivity contribution in [2.75, 3.05) is 6.54 Å². The normalized spacial score (nSPS) is 14.3. The molecule has 1 aromatic heterocycles. The summed E-state index contributed by atoms with van der Waals surface area (Å²) in [6.07, 6.45) is 4.81. The molecule has 0 aliphatic heterocycles. The summed E-state index contributed by atoms with van der Waals surface area (Å²) in [4.78, 5) is 26.9. The zero-order chi connectivity index (χ0) is 14.7. The van der Waals surface area contributed by atoms with E-state index in [1.54, 1.807) is 0 Å². The monoisotopic (exact) mass is 295 g/mol. The molecule has 4 nitrogen and oxygen atoms in total. The molecular weight excluding hydrogens is 274 g/mol. The van der Waals surface area contributed by atoms with Gasteiger partial charge in [-0.05, 0) is 37.3 Å². The van der Waals surface area contributed by atoms with Crippen LogP contribution in [0.5, 0.6) is 0 Å². The molecule has 20 heavy (non-hydrogen) atoms. The summed E-state index contributed by atoms with van der Waals surface area (Å²) in [7, 11) is 0. The number of hydrogen-bond donors (Lipinski definition) is 1. The number of carbonyl (C=O) groups excluding carboxylic acids is 1. The minimum absolute atomic E-state index is 0.114. The molecule has 1 aliphatic rings. The van der Waals surface area contributed by atoms with Crippen LogP contribution in [-0.2, 0) is 17.6 Å². The average molecular weight is 295 g/mol. The van der Waals surface area contributed by atoms with Crippen molar-refractivity contribution in [3.63, 3.8) is 0 Å². The summed E-state index contributed by atoms with van der Waals surface area (Å²) in [5, 5.41) is 8.96. The number of aliphatic carboxylic acids is 1. The van der Waals surface area contributed by atoms with E-state index in [-0.39, 0.29) is 18.5 Å². The molecule has 1 heterocycles. The van der Waals surface area contributed by atoms with Gasteiger partial charge in [0.1, 0.15) is 6.54 Å². The van der Waals surface area contributed by atoms with Crippen LogP contribution < -0.4 is 0 Å². The molecule has 0 spiro atoms. The fraction of sp³-hybridized carbons (Fsp3) is 0.600. The van der Waals surface area contributed by atoms with E-state index in [0.717, 1.165) is 32.1 Å². The van der Waals surface area contributed by atoms with E-state index in [4.69, 9.17) is 5.11 Å². The lowest BCUT2D eigenvalue weighted by Crippen LogP contribution is -2.37. The maximum atomic E-state index is 12.5. The van der Waals surface area contributed by atoms with Crippen LogP contribution in [0.3, 0.4) is 0 Å². The predicted molar refractivity (Wildman–Crippen MR) is 79.4 cm³/mol. The second-order valence-corrected chi connectivity index (χ2v) is 6.36. The third-order valence-corrected chi connectivity index (χ3v) is 4.74. The van der Waals surface area contributed by atoms with Gasteiger partial charge in [0.25, 0.3) is 5.91 Å². The number of thiophene rings is 1. The zero-order valence-electron chi connectivity index (χ0n) is 12.0. The van der Waals surface area contributed by atoms with E-state index in [1.165, 1.54) is 26.7 Å². The summed E-state index contributed by atoms with van der Waals surface area (Å²) in [6.45, 7) is 4.03. The topological polar surface area (TPSA) is 57.6 Å². The second-order valence-electron chi connectivity index (χ2n) is 5.22. The minimum atomic E-state index is -0.939. The lowest BCUT2D eigenvalue weighted by molar-refractivity contribution is -0.137. The van der Waals surface area contributed by atoms with Gasteiger partial charge in [0.05, 0.1) is 4.88 Å². The van der Waals surface area contributed by atoms with E-state index < -0.39 is 5.97 Å². The molecule has 0 saturated heterocycles. The number of aryl methyl sites for hydroxylation is 2. The Bertz CT molecular complexity index is 505. The highest BCUT2D eigenvalue weighted by atomic mass is 32.1. The summed E-state index contributed by atoms with van der Waals surface area (Å²) in [5.74, 6) is -1.05. The van der Waals surface area contributed by atoms with Crippen molar-refractivity contribution in [2.45, 2.75) is 52.0 Å². The molecule has 1 aliphatic carbocycles. The smallest absolute Gasteiger partial charge is 0.323 e. The maximum absolute atomic E-state index is 12.5. The Morgan fingerprint density at radius 2 is 2.10 bits per heavy atom. The first-order valence-electron chi connectivity index (χ1n) is 7.21. The van der Waals surface area contributed by atoms with E-state index in [2.05, 4.69) is 13.8 Å². The summed E-state index contributed by atoms with van der Waals surface area (Å²) < 4.78 is 0. The number of carbonyl (C=O) groups is 2. The van der Waals surface area contributed by atoms with E-state index in [0.29, 0.717) is 4.88 Å². The lowest BCUT2D eigenvalue weighted by atomic mass is 10.1. The molecule has 1 N–H and O–H groups in total. The third kappa shape index (κ3) is 3.39. The van der Waals surface area contributed by atoms with Crippen LogP contribution in [0, 0.1) is 0 Å². The SMILES string of the molecule is CCCc1sc(C(=O)N(CC(=O)O)C2CC2)cc1CC. The Hall–Kier alpha value is -1.36. The second kappa shape index (κ2) is 6.39. The van der Waals surface area contributed by atoms with Crippen LogP contribution in [0.1, 0.15) is 53.2 Å². The van der Waals surface area contributed by atoms with Gasteiger partial charge in [-0.2, -0.15) is 0 Å². The van der Waals surface area contributed by atoms with Gasteiger partial charge >= 0.3 is 5.97 Å². The average Bonchev–Trinajstić information content (AvgIpc) is 3.16. The molecule has 1 aromatic rings. The van der Waals surface area contributed by atoms with Crippen molar-refractivity contribution in [2.24, 2.45) is 0 Å². The Labute approximate surface area is 123 Å². The van der Waals surface area contributed by atoms with Gasteiger partial charge in [-0.15, -0.1) is 11.3 Å². The fourth-order valence-electron chi connectivity index (χ4n) is 2.35. The Morgan fingerprint density at radius 1 is 1.40 bits per heavy atom. The summed E-state index contributed by atoms with van der Waals surface area (Å²) in [6, 6.07) is 2.08. The van der Waals surface area contributed by atoms with E-state index >= 15 is 0 Å². The molecule has 0 aromatic carbocycles. The molecule has 2 rings (SSSR count). The predicted octanol–water partition coefficient (Wildman–Crippen LogP) is 2.95. The van der Waals surface area contributed by atoms with Crippen molar-refractivity contribution < 1.29 is 14.7 Å². The van der Waals surface area contributed by atoms with Crippen molar-refractivity contribution in [3.8, 4) is 0 Å². The van der Waals surface area contributed by atoms with Crippen molar-refractivity contribution in [1.29, 1.82) is 0 Å². The minimum Gasteiger partial charge on any atom is -0.480 e. The molecule has 0 atom stereocenters. The number of carboxylic acids is 1. The highest BCUT2D eigenvalue weighted by Gasteiger charge is 2.35. The van der Waals surface area contributed by atoms with Crippen LogP contribution in [0.4, 0.5) is 0 Å². The summed E-state index contributed by atoms with van der Waals surface area (Å²) in [5.41, 5.74) is 1.23. The van der Waals surface area contributed by atoms with Crippen molar-refractivity contribution in [3.05, 3.63) is 21.4 Å². The number of nitrogens with zero attached hydrogens (tertiary/aromatic N) is 1. The van der Waals surface area contributed by atoms with E-state index in [9.17, 15) is 9.59 Å².